The highest BCUT2D eigenvalue weighted by Gasteiger charge is 2.06. The molecule has 0 spiro atoms. The second-order valence-corrected chi connectivity index (χ2v) is 5.13. The summed E-state index contributed by atoms with van der Waals surface area (Å²) in [4.78, 5) is 17.0. The van der Waals surface area contributed by atoms with E-state index >= 15 is 0 Å². The first-order valence-corrected chi connectivity index (χ1v) is 6.95. The van der Waals surface area contributed by atoms with Crippen molar-refractivity contribution >= 4 is 22.9 Å². The fraction of sp³-hybridized carbons (Fsp3) is 0.143. The Morgan fingerprint density at radius 2 is 2.26 bits per heavy atom. The van der Waals surface area contributed by atoms with Gasteiger partial charge >= 0.3 is 0 Å². The van der Waals surface area contributed by atoms with Gasteiger partial charge in [-0.3, -0.25) is 4.79 Å². The molecule has 0 aliphatic heterocycles. The molecule has 19 heavy (non-hydrogen) atoms. The minimum atomic E-state index is -0.0150. The van der Waals surface area contributed by atoms with Gasteiger partial charge in [0, 0.05) is 25.4 Å². The van der Waals surface area contributed by atoms with E-state index in [-0.39, 0.29) is 5.91 Å². The second-order valence-electron chi connectivity index (χ2n) is 4.18. The van der Waals surface area contributed by atoms with Gasteiger partial charge in [-0.2, -0.15) is 0 Å². The Morgan fingerprint density at radius 1 is 1.32 bits per heavy atom. The van der Waals surface area contributed by atoms with E-state index in [1.165, 1.54) is 11.3 Å². The first-order valence-electron chi connectivity index (χ1n) is 6.07. The third kappa shape index (κ3) is 2.66. The molecule has 5 heteroatoms. The molecule has 0 saturated carbocycles. The fourth-order valence-electron chi connectivity index (χ4n) is 1.91. The van der Waals surface area contributed by atoms with Crippen LogP contribution in [-0.4, -0.2) is 21.8 Å². The van der Waals surface area contributed by atoms with Crippen LogP contribution in [0.2, 0.25) is 0 Å². The van der Waals surface area contributed by atoms with Crippen molar-refractivity contribution in [3.63, 3.8) is 0 Å². The van der Waals surface area contributed by atoms with E-state index in [4.69, 9.17) is 0 Å². The monoisotopic (exact) mass is 271 g/mol. The second kappa shape index (κ2) is 5.24. The van der Waals surface area contributed by atoms with Crippen molar-refractivity contribution in [1.29, 1.82) is 0 Å². The summed E-state index contributed by atoms with van der Waals surface area (Å²) in [7, 11) is 0. The highest BCUT2D eigenvalue weighted by Crippen LogP contribution is 2.08. The van der Waals surface area contributed by atoms with E-state index < -0.39 is 0 Å². The van der Waals surface area contributed by atoms with Gasteiger partial charge in [0.2, 0.25) is 0 Å². The lowest BCUT2D eigenvalue weighted by molar-refractivity contribution is 0.0958. The van der Waals surface area contributed by atoms with E-state index in [1.54, 1.807) is 0 Å². The maximum absolute atomic E-state index is 11.7. The molecule has 0 atom stereocenters. The molecule has 0 radical (unpaired) electrons. The van der Waals surface area contributed by atoms with Crippen LogP contribution >= 0.6 is 11.3 Å². The third-order valence-corrected chi connectivity index (χ3v) is 3.69. The van der Waals surface area contributed by atoms with Crippen molar-refractivity contribution in [3.8, 4) is 0 Å². The molecular weight excluding hydrogens is 258 g/mol. The van der Waals surface area contributed by atoms with Crippen LogP contribution < -0.4 is 5.32 Å². The van der Waals surface area contributed by atoms with Gasteiger partial charge in [0.05, 0.1) is 10.6 Å². The first kappa shape index (κ1) is 11.9. The number of fused-ring (bicyclic) bond motifs is 1. The minimum Gasteiger partial charge on any atom is -0.351 e. The lowest BCUT2D eigenvalue weighted by atomic mass is 10.3. The van der Waals surface area contributed by atoms with Crippen LogP contribution in [-0.2, 0) is 6.42 Å². The maximum Gasteiger partial charge on any atom is 0.261 e. The quantitative estimate of drug-likeness (QED) is 0.792. The Bertz CT molecular complexity index is 655. The van der Waals surface area contributed by atoms with Gasteiger partial charge in [0.25, 0.3) is 5.91 Å². The molecule has 0 aliphatic carbocycles. The van der Waals surface area contributed by atoms with E-state index in [0.29, 0.717) is 6.54 Å². The molecule has 0 fully saturated rings. The maximum atomic E-state index is 11.7. The Hall–Kier alpha value is -2.14. The lowest BCUT2D eigenvalue weighted by Gasteiger charge is -2.01. The Labute approximate surface area is 114 Å². The van der Waals surface area contributed by atoms with Crippen molar-refractivity contribution in [1.82, 2.24) is 14.7 Å². The summed E-state index contributed by atoms with van der Waals surface area (Å²) in [6, 6.07) is 9.60. The van der Waals surface area contributed by atoms with Crippen LogP contribution in [0.1, 0.15) is 15.4 Å². The molecule has 0 aliphatic rings. The first-order chi connectivity index (χ1) is 9.33. The number of nitrogens with one attached hydrogen (secondary N) is 1. The van der Waals surface area contributed by atoms with Gasteiger partial charge < -0.3 is 9.72 Å². The summed E-state index contributed by atoms with van der Waals surface area (Å²) < 4.78 is 1.98. The number of pyridine rings is 1. The summed E-state index contributed by atoms with van der Waals surface area (Å²) in [6.07, 6.45) is 4.70. The van der Waals surface area contributed by atoms with Gasteiger partial charge in [-0.25, -0.2) is 4.98 Å². The average molecular weight is 271 g/mol. The Kier molecular flexibility index (Phi) is 3.29. The van der Waals surface area contributed by atoms with Crippen LogP contribution in [0.25, 0.3) is 5.65 Å². The summed E-state index contributed by atoms with van der Waals surface area (Å²) >= 11 is 1.45. The summed E-state index contributed by atoms with van der Waals surface area (Å²) in [5.74, 6) is -0.0150. The molecule has 4 nitrogen and oxygen atoms in total. The van der Waals surface area contributed by atoms with Gasteiger partial charge in [-0.1, -0.05) is 12.1 Å². The Balaban J connectivity index is 1.59. The largest absolute Gasteiger partial charge is 0.351 e. The predicted octanol–water partition coefficient (Wildman–Crippen LogP) is 2.37. The zero-order valence-electron chi connectivity index (χ0n) is 10.2. The number of hydrogen-bond donors (Lipinski definition) is 1. The molecule has 0 bridgehead atoms. The minimum absolute atomic E-state index is 0.0150. The summed E-state index contributed by atoms with van der Waals surface area (Å²) in [5, 5.41) is 4.80. The van der Waals surface area contributed by atoms with Crippen molar-refractivity contribution in [3.05, 3.63) is 58.7 Å². The number of imidazole rings is 1. The number of rotatable bonds is 4. The van der Waals surface area contributed by atoms with Gasteiger partial charge in [0.15, 0.2) is 0 Å². The van der Waals surface area contributed by atoms with Gasteiger partial charge in [0.1, 0.15) is 5.65 Å². The van der Waals surface area contributed by atoms with Crippen LogP contribution in [0, 0.1) is 0 Å². The number of carbonyl (C=O) groups excluding carboxylic acids is 1. The topological polar surface area (TPSA) is 46.4 Å². The summed E-state index contributed by atoms with van der Waals surface area (Å²) in [6.45, 7) is 0.598. The zero-order valence-corrected chi connectivity index (χ0v) is 11.1. The number of carbonyl (C=O) groups is 1. The van der Waals surface area contributed by atoms with Crippen LogP contribution in [0.4, 0.5) is 0 Å². The molecule has 3 aromatic heterocycles. The van der Waals surface area contributed by atoms with Crippen molar-refractivity contribution in [2.45, 2.75) is 6.42 Å². The number of aromatic nitrogens is 2. The lowest BCUT2D eigenvalue weighted by Crippen LogP contribution is -2.24. The molecule has 1 N–H and O–H groups in total. The van der Waals surface area contributed by atoms with E-state index in [2.05, 4.69) is 10.3 Å². The van der Waals surface area contributed by atoms with E-state index in [1.807, 2.05) is 52.5 Å². The SMILES string of the molecule is O=C(NCCc1cn2ccccc2n1)c1cccs1. The summed E-state index contributed by atoms with van der Waals surface area (Å²) in [5.41, 5.74) is 1.92. The molecule has 0 aromatic carbocycles. The number of hydrogen-bond acceptors (Lipinski definition) is 3. The third-order valence-electron chi connectivity index (χ3n) is 2.83. The number of thiophene rings is 1. The number of amides is 1. The molecule has 3 rings (SSSR count). The molecule has 0 saturated heterocycles. The van der Waals surface area contributed by atoms with Gasteiger partial charge in [-0.15, -0.1) is 11.3 Å². The molecule has 1 amide bonds. The van der Waals surface area contributed by atoms with Crippen molar-refractivity contribution in [2.24, 2.45) is 0 Å². The highest BCUT2D eigenvalue weighted by atomic mass is 32.1. The zero-order chi connectivity index (χ0) is 13.1. The van der Waals surface area contributed by atoms with Gasteiger partial charge in [-0.05, 0) is 23.6 Å². The molecular formula is C14H13N3OS. The normalized spacial score (nSPS) is 10.7. The van der Waals surface area contributed by atoms with Crippen molar-refractivity contribution < 1.29 is 4.79 Å². The Morgan fingerprint density at radius 3 is 3.05 bits per heavy atom. The van der Waals surface area contributed by atoms with E-state index in [9.17, 15) is 4.79 Å². The molecule has 0 unspecified atom stereocenters. The molecule has 3 heterocycles. The highest BCUT2D eigenvalue weighted by molar-refractivity contribution is 7.12. The molecule has 96 valence electrons. The van der Waals surface area contributed by atoms with E-state index in [0.717, 1.165) is 22.6 Å². The number of nitrogens with zero attached hydrogens (tertiary/aromatic N) is 2. The van der Waals surface area contributed by atoms with Crippen LogP contribution in [0.15, 0.2) is 48.1 Å². The van der Waals surface area contributed by atoms with Crippen molar-refractivity contribution in [2.75, 3.05) is 6.54 Å². The fourth-order valence-corrected chi connectivity index (χ4v) is 2.55. The van der Waals surface area contributed by atoms with Crippen LogP contribution in [0.5, 0.6) is 0 Å². The molecule has 3 aromatic rings. The smallest absolute Gasteiger partial charge is 0.261 e. The standard InChI is InChI=1S/C14H13N3OS/c18-14(12-4-3-9-19-12)15-7-6-11-10-17-8-2-1-5-13(17)16-11/h1-5,8-10H,6-7H2,(H,15,18). The van der Waals surface area contributed by atoms with Crippen LogP contribution in [0.3, 0.4) is 0 Å². The average Bonchev–Trinajstić information content (AvgIpc) is 3.07. The predicted molar refractivity (Wildman–Crippen MR) is 75.5 cm³/mol.